The van der Waals surface area contributed by atoms with Gasteiger partial charge >= 0.3 is 0 Å². The van der Waals surface area contributed by atoms with Crippen LogP contribution in [0.2, 0.25) is 0 Å². The van der Waals surface area contributed by atoms with Gasteiger partial charge in [0.15, 0.2) is 5.82 Å². The number of nitrogens with zero attached hydrogens (tertiary/aromatic N) is 2. The van der Waals surface area contributed by atoms with Crippen molar-refractivity contribution in [1.82, 2.24) is 15.0 Å². The molecule has 15 heavy (non-hydrogen) atoms. The topological polar surface area (TPSA) is 58.6 Å². The van der Waals surface area contributed by atoms with Crippen LogP contribution in [-0.2, 0) is 0 Å². The smallest absolute Gasteiger partial charge is 0.252 e. The summed E-state index contributed by atoms with van der Waals surface area (Å²) in [5.74, 6) is 0.616. The number of aromatic amines is 1. The molecule has 0 aromatic carbocycles. The molecule has 0 fully saturated rings. The van der Waals surface area contributed by atoms with E-state index < -0.39 is 5.24 Å². The van der Waals surface area contributed by atoms with E-state index in [4.69, 9.17) is 11.6 Å². The van der Waals surface area contributed by atoms with Crippen LogP contribution in [0.15, 0.2) is 30.7 Å². The largest absolute Gasteiger partial charge is 0.343 e. The first-order chi connectivity index (χ1) is 6.77. The van der Waals surface area contributed by atoms with E-state index in [1.54, 1.807) is 24.5 Å². The molecule has 0 bridgehead atoms. The molecule has 0 saturated heterocycles. The number of nitrogens with one attached hydrogen (secondary N) is 1. The van der Waals surface area contributed by atoms with Crippen LogP contribution in [0.3, 0.4) is 0 Å². The minimum Gasteiger partial charge on any atom is -0.343 e. The number of imidazole rings is 1. The van der Waals surface area contributed by atoms with Crippen LogP contribution in [0, 0.1) is 0 Å². The summed E-state index contributed by atoms with van der Waals surface area (Å²) in [6.45, 7) is 0. The van der Waals surface area contributed by atoms with Gasteiger partial charge < -0.3 is 4.98 Å². The number of pyridine rings is 1. The highest BCUT2D eigenvalue weighted by Crippen LogP contribution is 2.13. The van der Waals surface area contributed by atoms with Crippen molar-refractivity contribution >= 4 is 29.3 Å². The van der Waals surface area contributed by atoms with Gasteiger partial charge in [0, 0.05) is 24.2 Å². The van der Waals surface area contributed by atoms with E-state index in [2.05, 4.69) is 15.0 Å². The molecule has 0 unspecified atom stereocenters. The van der Waals surface area contributed by atoms with Crippen LogP contribution < -0.4 is 0 Å². The van der Waals surface area contributed by atoms with Gasteiger partial charge in [-0.05, 0) is 23.7 Å². The molecule has 2 aromatic rings. The summed E-state index contributed by atoms with van der Waals surface area (Å²) in [6, 6.07) is 3.15. The Balaban J connectivity index is 0.00000112. The maximum absolute atomic E-state index is 10.9. The third-order valence-corrected chi connectivity index (χ3v) is 1.95. The minimum absolute atomic E-state index is 0. The normalized spacial score (nSPS) is 9.40. The summed E-state index contributed by atoms with van der Waals surface area (Å²) in [4.78, 5) is 21.8. The van der Waals surface area contributed by atoms with Gasteiger partial charge in [-0.25, -0.2) is 4.98 Å². The molecule has 78 valence electrons. The molecule has 0 saturated carbocycles. The van der Waals surface area contributed by atoms with Crippen LogP contribution in [-0.4, -0.2) is 20.2 Å². The lowest BCUT2D eigenvalue weighted by atomic mass is 10.2. The van der Waals surface area contributed by atoms with Gasteiger partial charge in [0.1, 0.15) is 5.69 Å². The Labute approximate surface area is 97.1 Å². The van der Waals surface area contributed by atoms with Crippen LogP contribution in [0.25, 0.3) is 11.5 Å². The Hall–Kier alpha value is -1.39. The average Bonchev–Trinajstić information content (AvgIpc) is 2.71. The molecule has 0 amide bonds. The maximum atomic E-state index is 10.9. The molecular weight excluding hydrogens is 237 g/mol. The first-order valence-corrected chi connectivity index (χ1v) is 4.31. The van der Waals surface area contributed by atoms with Gasteiger partial charge in [-0.15, -0.1) is 12.4 Å². The van der Waals surface area contributed by atoms with E-state index in [0.717, 1.165) is 0 Å². The fourth-order valence-electron chi connectivity index (χ4n) is 1.09. The Morgan fingerprint density at radius 1 is 1.33 bits per heavy atom. The van der Waals surface area contributed by atoms with Crippen molar-refractivity contribution in [2.24, 2.45) is 0 Å². The van der Waals surface area contributed by atoms with Crippen LogP contribution >= 0.6 is 24.0 Å². The number of aromatic nitrogens is 3. The van der Waals surface area contributed by atoms with Crippen LogP contribution in [0.1, 0.15) is 10.4 Å². The van der Waals surface area contributed by atoms with Gasteiger partial charge in [-0.3, -0.25) is 9.78 Å². The lowest BCUT2D eigenvalue weighted by Crippen LogP contribution is -1.92. The molecule has 2 heterocycles. The third kappa shape index (κ3) is 2.55. The number of H-pyrrole nitrogens is 1. The Morgan fingerprint density at radius 2 is 2.13 bits per heavy atom. The van der Waals surface area contributed by atoms with E-state index in [1.165, 1.54) is 6.20 Å². The lowest BCUT2D eigenvalue weighted by molar-refractivity contribution is 0.108. The second kappa shape index (κ2) is 4.91. The molecular formula is C9H7Cl2N3O. The van der Waals surface area contributed by atoms with E-state index in [9.17, 15) is 4.79 Å². The molecule has 0 aliphatic heterocycles. The van der Waals surface area contributed by atoms with Crippen molar-refractivity contribution in [2.45, 2.75) is 0 Å². The fraction of sp³-hybridized carbons (Fsp3) is 0. The molecule has 2 aromatic heterocycles. The molecule has 1 N–H and O–H groups in total. The second-order valence-electron chi connectivity index (χ2n) is 2.64. The molecule has 2 rings (SSSR count). The summed E-state index contributed by atoms with van der Waals surface area (Å²) < 4.78 is 0. The monoisotopic (exact) mass is 243 g/mol. The molecule has 4 nitrogen and oxygen atoms in total. The van der Waals surface area contributed by atoms with Crippen molar-refractivity contribution in [1.29, 1.82) is 0 Å². The standard InChI is InChI=1S/C9H6ClN3O.ClH/c10-8(14)6-1-2-11-7(5-6)9-12-3-4-13-9;/h1-5H,(H,12,13);1H. The SMILES string of the molecule is Cl.O=C(Cl)c1ccnc(-c2ncc[nH]2)c1. The number of rotatable bonds is 2. The number of hydrogen-bond donors (Lipinski definition) is 1. The Kier molecular flexibility index (Phi) is 3.82. The van der Waals surface area contributed by atoms with Crippen LogP contribution in [0.4, 0.5) is 0 Å². The Bertz CT molecular complexity index is 456. The zero-order valence-electron chi connectivity index (χ0n) is 7.48. The fourth-order valence-corrected chi connectivity index (χ4v) is 1.21. The van der Waals surface area contributed by atoms with Gasteiger partial charge in [0.2, 0.25) is 0 Å². The van der Waals surface area contributed by atoms with Gasteiger partial charge in [-0.1, -0.05) is 0 Å². The zero-order valence-corrected chi connectivity index (χ0v) is 9.05. The second-order valence-corrected chi connectivity index (χ2v) is 2.98. The van der Waals surface area contributed by atoms with E-state index in [0.29, 0.717) is 17.1 Å². The van der Waals surface area contributed by atoms with Crippen LogP contribution in [0.5, 0.6) is 0 Å². The Morgan fingerprint density at radius 3 is 2.73 bits per heavy atom. The summed E-state index contributed by atoms with van der Waals surface area (Å²) in [7, 11) is 0. The predicted octanol–water partition coefficient (Wildman–Crippen LogP) is 2.27. The maximum Gasteiger partial charge on any atom is 0.252 e. The van der Waals surface area contributed by atoms with Crippen molar-refractivity contribution in [2.75, 3.05) is 0 Å². The third-order valence-electron chi connectivity index (χ3n) is 1.73. The highest BCUT2D eigenvalue weighted by atomic mass is 35.5. The molecule has 0 aliphatic rings. The highest BCUT2D eigenvalue weighted by molar-refractivity contribution is 6.67. The summed E-state index contributed by atoms with van der Waals surface area (Å²) in [5, 5.41) is -0.500. The summed E-state index contributed by atoms with van der Waals surface area (Å²) >= 11 is 5.34. The number of hydrogen-bond acceptors (Lipinski definition) is 3. The number of carbonyl (C=O) groups excluding carboxylic acids is 1. The van der Waals surface area contributed by atoms with Gasteiger partial charge in [0.25, 0.3) is 5.24 Å². The molecule has 0 atom stereocenters. The molecule has 0 radical (unpaired) electrons. The van der Waals surface area contributed by atoms with Crippen molar-refractivity contribution in [3.8, 4) is 11.5 Å². The van der Waals surface area contributed by atoms with E-state index in [-0.39, 0.29) is 12.4 Å². The number of halogens is 2. The molecule has 6 heteroatoms. The summed E-state index contributed by atoms with van der Waals surface area (Å²) in [6.07, 6.45) is 4.83. The lowest BCUT2D eigenvalue weighted by Gasteiger charge is -1.97. The molecule has 0 aliphatic carbocycles. The van der Waals surface area contributed by atoms with E-state index in [1.807, 2.05) is 0 Å². The van der Waals surface area contributed by atoms with Gasteiger partial charge in [-0.2, -0.15) is 0 Å². The average molecular weight is 244 g/mol. The first kappa shape index (κ1) is 11.7. The number of carbonyl (C=O) groups is 1. The minimum atomic E-state index is -0.500. The zero-order chi connectivity index (χ0) is 9.97. The highest BCUT2D eigenvalue weighted by Gasteiger charge is 2.06. The quantitative estimate of drug-likeness (QED) is 0.824. The van der Waals surface area contributed by atoms with Crippen molar-refractivity contribution < 1.29 is 4.79 Å². The predicted molar refractivity (Wildman–Crippen MR) is 59.3 cm³/mol. The van der Waals surface area contributed by atoms with E-state index >= 15 is 0 Å². The first-order valence-electron chi connectivity index (χ1n) is 3.93. The van der Waals surface area contributed by atoms with Crippen molar-refractivity contribution in [3.05, 3.63) is 36.3 Å². The van der Waals surface area contributed by atoms with Crippen molar-refractivity contribution in [3.63, 3.8) is 0 Å². The van der Waals surface area contributed by atoms with Gasteiger partial charge in [0.05, 0.1) is 0 Å². The molecule has 0 spiro atoms. The summed E-state index contributed by atoms with van der Waals surface area (Å²) in [5.41, 5.74) is 1.01.